The number of primary amides is 1. The molecule has 0 aliphatic heterocycles. The van der Waals surface area contributed by atoms with E-state index in [2.05, 4.69) is 10.3 Å². The zero-order valence-corrected chi connectivity index (χ0v) is 11.2. The molecular formula is C14H17N3O2. The van der Waals surface area contributed by atoms with E-state index >= 15 is 0 Å². The molecule has 100 valence electrons. The number of furan rings is 1. The van der Waals surface area contributed by atoms with E-state index in [1.165, 1.54) is 0 Å². The summed E-state index contributed by atoms with van der Waals surface area (Å²) >= 11 is 0. The highest BCUT2D eigenvalue weighted by molar-refractivity contribution is 5.91. The van der Waals surface area contributed by atoms with Gasteiger partial charge in [-0.1, -0.05) is 0 Å². The zero-order chi connectivity index (χ0) is 14.0. The molecule has 1 amide bonds. The molecule has 0 aliphatic rings. The summed E-state index contributed by atoms with van der Waals surface area (Å²) in [5.74, 6) is 1.24. The lowest BCUT2D eigenvalue weighted by Gasteiger charge is -2.14. The number of aromatic nitrogens is 1. The van der Waals surface area contributed by atoms with Gasteiger partial charge in [0.2, 0.25) is 0 Å². The van der Waals surface area contributed by atoms with Gasteiger partial charge in [-0.2, -0.15) is 0 Å². The number of nitrogens with two attached hydrogens (primary N) is 1. The van der Waals surface area contributed by atoms with Gasteiger partial charge in [-0.15, -0.1) is 0 Å². The number of carbonyl (C=O) groups is 1. The van der Waals surface area contributed by atoms with Crippen LogP contribution in [0.15, 0.2) is 28.8 Å². The summed E-state index contributed by atoms with van der Waals surface area (Å²) < 4.78 is 5.51. The van der Waals surface area contributed by atoms with Crippen LogP contribution in [0.4, 0.5) is 5.69 Å². The Labute approximate surface area is 111 Å². The second-order valence-corrected chi connectivity index (χ2v) is 4.53. The monoisotopic (exact) mass is 259 g/mol. The first kappa shape index (κ1) is 13.1. The quantitative estimate of drug-likeness (QED) is 0.884. The van der Waals surface area contributed by atoms with Crippen LogP contribution in [0.5, 0.6) is 0 Å². The van der Waals surface area contributed by atoms with Crippen LogP contribution in [0, 0.1) is 13.8 Å². The van der Waals surface area contributed by atoms with Crippen LogP contribution in [-0.2, 0) is 0 Å². The Hall–Kier alpha value is -2.30. The molecule has 19 heavy (non-hydrogen) atoms. The number of aryl methyl sites for hydroxylation is 2. The summed E-state index contributed by atoms with van der Waals surface area (Å²) in [6.45, 7) is 5.88. The molecular weight excluding hydrogens is 242 g/mol. The Kier molecular flexibility index (Phi) is 3.55. The fourth-order valence-corrected chi connectivity index (χ4v) is 2.06. The predicted octanol–water partition coefficient (Wildman–Crippen LogP) is 2.56. The van der Waals surface area contributed by atoms with Gasteiger partial charge >= 0.3 is 0 Å². The highest BCUT2D eigenvalue weighted by Crippen LogP contribution is 2.24. The third-order valence-corrected chi connectivity index (χ3v) is 2.94. The van der Waals surface area contributed by atoms with E-state index < -0.39 is 5.91 Å². The maximum Gasteiger partial charge on any atom is 0.267 e. The van der Waals surface area contributed by atoms with Crippen LogP contribution in [0.25, 0.3) is 0 Å². The number of pyridine rings is 1. The number of rotatable bonds is 4. The number of hydrogen-bond acceptors (Lipinski definition) is 4. The van der Waals surface area contributed by atoms with Gasteiger partial charge in [-0.25, -0.2) is 0 Å². The Bertz CT molecular complexity index is 604. The Balaban J connectivity index is 2.19. The largest absolute Gasteiger partial charge is 0.466 e. The first-order chi connectivity index (χ1) is 8.97. The molecule has 1 atom stereocenters. The van der Waals surface area contributed by atoms with Crippen molar-refractivity contribution in [2.75, 3.05) is 5.32 Å². The molecule has 0 bridgehead atoms. The van der Waals surface area contributed by atoms with Crippen LogP contribution < -0.4 is 11.1 Å². The van der Waals surface area contributed by atoms with E-state index in [1.807, 2.05) is 26.8 Å². The fraction of sp³-hybridized carbons (Fsp3) is 0.286. The number of nitrogens with zero attached hydrogens (tertiary/aromatic N) is 1. The highest BCUT2D eigenvalue weighted by Gasteiger charge is 2.13. The molecule has 2 aromatic heterocycles. The van der Waals surface area contributed by atoms with E-state index in [4.69, 9.17) is 10.2 Å². The first-order valence-corrected chi connectivity index (χ1v) is 6.06. The van der Waals surface area contributed by atoms with Crippen LogP contribution in [0.2, 0.25) is 0 Å². The van der Waals surface area contributed by atoms with Gasteiger partial charge in [0.05, 0.1) is 6.04 Å². The third-order valence-electron chi connectivity index (χ3n) is 2.94. The molecule has 5 heteroatoms. The Morgan fingerprint density at radius 3 is 2.74 bits per heavy atom. The lowest BCUT2D eigenvalue weighted by Crippen LogP contribution is -2.14. The minimum Gasteiger partial charge on any atom is -0.466 e. The summed E-state index contributed by atoms with van der Waals surface area (Å²) in [6, 6.07) is 5.51. The number of nitrogens with one attached hydrogen (secondary N) is 1. The van der Waals surface area contributed by atoms with Gasteiger partial charge < -0.3 is 15.5 Å². The maximum absolute atomic E-state index is 11.1. The lowest BCUT2D eigenvalue weighted by molar-refractivity contribution is 0.0995. The summed E-state index contributed by atoms with van der Waals surface area (Å²) in [5.41, 5.74) is 7.35. The van der Waals surface area contributed by atoms with Crippen molar-refractivity contribution in [1.82, 2.24) is 4.98 Å². The van der Waals surface area contributed by atoms with E-state index in [9.17, 15) is 4.79 Å². The van der Waals surface area contributed by atoms with E-state index in [0.717, 1.165) is 22.8 Å². The van der Waals surface area contributed by atoms with Crippen LogP contribution in [0.3, 0.4) is 0 Å². The third kappa shape index (κ3) is 2.93. The van der Waals surface area contributed by atoms with Crippen molar-refractivity contribution in [3.8, 4) is 0 Å². The average molecular weight is 259 g/mol. The average Bonchev–Trinajstić information content (AvgIpc) is 2.69. The van der Waals surface area contributed by atoms with Crippen molar-refractivity contribution in [2.45, 2.75) is 26.8 Å². The number of carbonyl (C=O) groups excluding carboxylic acids is 1. The lowest BCUT2D eigenvalue weighted by atomic mass is 10.1. The topological polar surface area (TPSA) is 81.1 Å². The molecule has 3 N–H and O–H groups in total. The second kappa shape index (κ2) is 5.14. The summed E-state index contributed by atoms with van der Waals surface area (Å²) in [6.07, 6.45) is 1.56. The predicted molar refractivity (Wildman–Crippen MR) is 73.0 cm³/mol. The molecule has 0 aromatic carbocycles. The molecule has 2 rings (SSSR count). The smallest absolute Gasteiger partial charge is 0.267 e. The molecule has 2 heterocycles. The fourth-order valence-electron chi connectivity index (χ4n) is 2.06. The van der Waals surface area contributed by atoms with E-state index in [-0.39, 0.29) is 11.7 Å². The molecule has 0 saturated carbocycles. The van der Waals surface area contributed by atoms with Gasteiger partial charge in [0.15, 0.2) is 0 Å². The standard InChI is InChI=1S/C14H17N3O2/c1-8-6-12(10(3)19-8)9(2)17-11-4-5-16-13(7-11)14(15)18/h4-7,9H,1-3H3,(H2,15,18)(H,16,17). The van der Waals surface area contributed by atoms with Gasteiger partial charge in [0.25, 0.3) is 5.91 Å². The van der Waals surface area contributed by atoms with Crippen LogP contribution in [0.1, 0.15) is 40.5 Å². The first-order valence-electron chi connectivity index (χ1n) is 6.06. The normalized spacial score (nSPS) is 12.2. The minimum atomic E-state index is -0.536. The van der Waals surface area contributed by atoms with Crippen molar-refractivity contribution < 1.29 is 9.21 Å². The molecule has 0 radical (unpaired) electrons. The van der Waals surface area contributed by atoms with Crippen molar-refractivity contribution >= 4 is 11.6 Å². The molecule has 0 aliphatic carbocycles. The van der Waals surface area contributed by atoms with Gasteiger partial charge in [0.1, 0.15) is 17.2 Å². The molecule has 0 spiro atoms. The molecule has 5 nitrogen and oxygen atoms in total. The van der Waals surface area contributed by atoms with Crippen molar-refractivity contribution in [3.05, 3.63) is 47.2 Å². The van der Waals surface area contributed by atoms with Gasteiger partial charge in [-0.3, -0.25) is 9.78 Å². The Morgan fingerprint density at radius 2 is 2.16 bits per heavy atom. The maximum atomic E-state index is 11.1. The Morgan fingerprint density at radius 1 is 1.42 bits per heavy atom. The summed E-state index contributed by atoms with van der Waals surface area (Å²) in [4.78, 5) is 15.0. The van der Waals surface area contributed by atoms with Crippen molar-refractivity contribution in [1.29, 1.82) is 0 Å². The van der Waals surface area contributed by atoms with Gasteiger partial charge in [-0.05, 0) is 39.0 Å². The molecule has 0 fully saturated rings. The minimum absolute atomic E-state index is 0.0700. The summed E-state index contributed by atoms with van der Waals surface area (Å²) in [7, 11) is 0. The number of amides is 1. The van der Waals surface area contributed by atoms with E-state index in [0.29, 0.717) is 0 Å². The van der Waals surface area contributed by atoms with Crippen molar-refractivity contribution in [2.24, 2.45) is 5.73 Å². The van der Waals surface area contributed by atoms with Gasteiger partial charge in [0, 0.05) is 17.4 Å². The van der Waals surface area contributed by atoms with E-state index in [1.54, 1.807) is 18.3 Å². The molecule has 1 unspecified atom stereocenters. The zero-order valence-electron chi connectivity index (χ0n) is 11.2. The summed E-state index contributed by atoms with van der Waals surface area (Å²) in [5, 5.41) is 3.30. The van der Waals surface area contributed by atoms with Crippen LogP contribution >= 0.6 is 0 Å². The number of anilines is 1. The second-order valence-electron chi connectivity index (χ2n) is 4.53. The number of hydrogen-bond donors (Lipinski definition) is 2. The highest BCUT2D eigenvalue weighted by atomic mass is 16.3. The molecule has 2 aromatic rings. The van der Waals surface area contributed by atoms with Crippen LogP contribution in [-0.4, -0.2) is 10.9 Å². The molecule has 0 saturated heterocycles. The SMILES string of the molecule is Cc1cc(C(C)Nc2ccnc(C(N)=O)c2)c(C)o1. The van der Waals surface area contributed by atoms with Crippen molar-refractivity contribution in [3.63, 3.8) is 0 Å².